The summed E-state index contributed by atoms with van der Waals surface area (Å²) in [6.07, 6.45) is 0. The number of hydrogen-bond acceptors (Lipinski definition) is 3. The Balaban J connectivity index is 0.00000180. The number of amides is 1. The molecule has 0 bridgehead atoms. The molecule has 1 N–H and O–H groups in total. The van der Waals surface area contributed by atoms with Crippen molar-refractivity contribution >= 4 is 18.3 Å². The number of carbonyl (C=O) groups excluding carboxylic acids is 1. The molecule has 0 radical (unpaired) electrons. The number of rotatable bonds is 2. The van der Waals surface area contributed by atoms with E-state index in [1.807, 2.05) is 30.0 Å². The fraction of sp³-hybridized carbons (Fsp3) is 0.500. The predicted molar refractivity (Wildman–Crippen MR) is 78.3 cm³/mol. The van der Waals surface area contributed by atoms with Gasteiger partial charge in [-0.3, -0.25) is 4.79 Å². The van der Waals surface area contributed by atoms with Gasteiger partial charge in [-0.15, -0.1) is 12.4 Å². The van der Waals surface area contributed by atoms with Gasteiger partial charge in [0.15, 0.2) is 0 Å². The minimum Gasteiger partial charge on any atom is -0.497 e. The van der Waals surface area contributed by atoms with Crippen molar-refractivity contribution in [1.29, 1.82) is 0 Å². The van der Waals surface area contributed by atoms with Gasteiger partial charge in [-0.1, -0.05) is 0 Å². The highest BCUT2D eigenvalue weighted by molar-refractivity contribution is 5.96. The first-order valence-corrected chi connectivity index (χ1v) is 6.30. The van der Waals surface area contributed by atoms with Crippen molar-refractivity contribution in [2.75, 3.05) is 26.7 Å². The number of methoxy groups -OCH3 is 1. The molecule has 1 aliphatic heterocycles. The number of benzene rings is 1. The molecule has 1 amide bonds. The Morgan fingerprint density at radius 2 is 2.21 bits per heavy atom. The summed E-state index contributed by atoms with van der Waals surface area (Å²) in [5, 5.41) is 3.29. The lowest BCUT2D eigenvalue weighted by atomic mass is 10.1. The summed E-state index contributed by atoms with van der Waals surface area (Å²) in [6, 6.07) is 5.84. The molecule has 5 heteroatoms. The lowest BCUT2D eigenvalue weighted by Crippen LogP contribution is -2.52. The zero-order valence-corrected chi connectivity index (χ0v) is 12.4. The van der Waals surface area contributed by atoms with Crippen molar-refractivity contribution < 1.29 is 9.53 Å². The number of ether oxygens (including phenoxy) is 1. The molecule has 0 aliphatic carbocycles. The van der Waals surface area contributed by atoms with Crippen LogP contribution in [0.5, 0.6) is 5.75 Å². The monoisotopic (exact) mass is 284 g/mol. The lowest BCUT2D eigenvalue weighted by molar-refractivity contribution is 0.0655. The Kier molecular flexibility index (Phi) is 5.63. The first-order valence-electron chi connectivity index (χ1n) is 6.30. The van der Waals surface area contributed by atoms with Gasteiger partial charge in [0, 0.05) is 31.2 Å². The molecule has 1 aromatic carbocycles. The first kappa shape index (κ1) is 15.8. The fourth-order valence-corrected chi connectivity index (χ4v) is 2.30. The number of nitrogens with zero attached hydrogens (tertiary/aromatic N) is 1. The van der Waals surface area contributed by atoms with Crippen LogP contribution in [0, 0.1) is 6.92 Å². The SMILES string of the molecule is COc1ccc(C(=O)N2CCNC[C@H]2C)c(C)c1.Cl. The molecular weight excluding hydrogens is 264 g/mol. The summed E-state index contributed by atoms with van der Waals surface area (Å²) in [5.74, 6) is 0.904. The highest BCUT2D eigenvalue weighted by atomic mass is 35.5. The Morgan fingerprint density at radius 1 is 1.47 bits per heavy atom. The van der Waals surface area contributed by atoms with Crippen molar-refractivity contribution in [3.05, 3.63) is 29.3 Å². The molecule has 0 unspecified atom stereocenters. The summed E-state index contributed by atoms with van der Waals surface area (Å²) < 4.78 is 5.16. The summed E-state index contributed by atoms with van der Waals surface area (Å²) in [5.41, 5.74) is 1.73. The zero-order valence-electron chi connectivity index (χ0n) is 11.6. The molecule has 4 nitrogen and oxygen atoms in total. The van der Waals surface area contributed by atoms with Crippen molar-refractivity contribution in [3.63, 3.8) is 0 Å². The second kappa shape index (κ2) is 6.78. The molecule has 0 spiro atoms. The molecule has 0 aromatic heterocycles. The van der Waals surface area contributed by atoms with Gasteiger partial charge in [-0.05, 0) is 37.6 Å². The van der Waals surface area contributed by atoms with Gasteiger partial charge in [0.05, 0.1) is 7.11 Å². The Labute approximate surface area is 120 Å². The number of nitrogens with one attached hydrogen (secondary N) is 1. The van der Waals surface area contributed by atoms with E-state index in [1.165, 1.54) is 0 Å². The van der Waals surface area contributed by atoms with Crippen molar-refractivity contribution in [2.24, 2.45) is 0 Å². The maximum absolute atomic E-state index is 12.5. The van der Waals surface area contributed by atoms with Crippen molar-refractivity contribution in [1.82, 2.24) is 10.2 Å². The molecule has 1 fully saturated rings. The maximum Gasteiger partial charge on any atom is 0.254 e. The summed E-state index contributed by atoms with van der Waals surface area (Å²) in [4.78, 5) is 14.4. The van der Waals surface area contributed by atoms with Crippen LogP contribution >= 0.6 is 12.4 Å². The third kappa shape index (κ3) is 3.39. The van der Waals surface area contributed by atoms with E-state index >= 15 is 0 Å². The average molecular weight is 285 g/mol. The summed E-state index contributed by atoms with van der Waals surface area (Å²) >= 11 is 0. The highest BCUT2D eigenvalue weighted by Gasteiger charge is 2.24. The van der Waals surface area contributed by atoms with Crippen LogP contribution in [0.25, 0.3) is 0 Å². The molecule has 1 aliphatic rings. The van der Waals surface area contributed by atoms with Gasteiger partial charge in [0.2, 0.25) is 0 Å². The topological polar surface area (TPSA) is 41.6 Å². The van der Waals surface area contributed by atoms with Gasteiger partial charge in [0.1, 0.15) is 5.75 Å². The van der Waals surface area contributed by atoms with E-state index in [9.17, 15) is 4.79 Å². The molecule has 2 rings (SSSR count). The minimum absolute atomic E-state index is 0. The third-order valence-corrected chi connectivity index (χ3v) is 3.43. The predicted octanol–water partition coefficient (Wildman–Crippen LogP) is 1.86. The van der Waals surface area contributed by atoms with Gasteiger partial charge in [-0.25, -0.2) is 0 Å². The Hall–Kier alpha value is -1.26. The molecule has 1 atom stereocenters. The normalized spacial score (nSPS) is 18.7. The second-order valence-corrected chi connectivity index (χ2v) is 4.73. The molecular formula is C14H21ClN2O2. The van der Waals surface area contributed by atoms with Crippen LogP contribution in [0.2, 0.25) is 0 Å². The van der Waals surface area contributed by atoms with Crippen LogP contribution in [-0.2, 0) is 0 Å². The summed E-state index contributed by atoms with van der Waals surface area (Å²) in [6.45, 7) is 6.52. The Bertz CT molecular complexity index is 451. The average Bonchev–Trinajstić information content (AvgIpc) is 2.38. The smallest absolute Gasteiger partial charge is 0.254 e. The van der Waals surface area contributed by atoms with Gasteiger partial charge < -0.3 is 15.0 Å². The first-order chi connectivity index (χ1) is 8.63. The van der Waals surface area contributed by atoms with Crippen LogP contribution in [0.4, 0.5) is 0 Å². The molecule has 19 heavy (non-hydrogen) atoms. The molecule has 1 saturated heterocycles. The van der Waals surface area contributed by atoms with Crippen LogP contribution in [0.15, 0.2) is 18.2 Å². The van der Waals surface area contributed by atoms with E-state index < -0.39 is 0 Å². The zero-order chi connectivity index (χ0) is 13.1. The fourth-order valence-electron chi connectivity index (χ4n) is 2.30. The van der Waals surface area contributed by atoms with Gasteiger partial charge in [0.25, 0.3) is 5.91 Å². The number of halogens is 1. The number of carbonyl (C=O) groups is 1. The molecule has 1 heterocycles. The van der Waals surface area contributed by atoms with Crippen LogP contribution in [-0.4, -0.2) is 43.6 Å². The van der Waals surface area contributed by atoms with E-state index in [0.717, 1.165) is 36.5 Å². The van der Waals surface area contributed by atoms with Crippen LogP contribution < -0.4 is 10.1 Å². The largest absolute Gasteiger partial charge is 0.497 e. The van der Waals surface area contributed by atoms with Crippen molar-refractivity contribution in [2.45, 2.75) is 19.9 Å². The second-order valence-electron chi connectivity index (χ2n) is 4.73. The van der Waals surface area contributed by atoms with Crippen LogP contribution in [0.3, 0.4) is 0 Å². The van der Waals surface area contributed by atoms with Crippen molar-refractivity contribution in [3.8, 4) is 5.75 Å². The minimum atomic E-state index is 0. The number of aryl methyl sites for hydroxylation is 1. The van der Waals surface area contributed by atoms with E-state index in [0.29, 0.717) is 0 Å². The standard InChI is InChI=1S/C14H20N2O2.ClH/c1-10-8-12(18-3)4-5-13(10)14(17)16-7-6-15-9-11(16)2;/h4-5,8,11,15H,6-7,9H2,1-3H3;1H/t11-;/m1./s1. The quantitative estimate of drug-likeness (QED) is 0.901. The van der Waals surface area contributed by atoms with E-state index in [1.54, 1.807) is 7.11 Å². The molecule has 106 valence electrons. The summed E-state index contributed by atoms with van der Waals surface area (Å²) in [7, 11) is 1.63. The number of piperazine rings is 1. The maximum atomic E-state index is 12.5. The number of hydrogen-bond donors (Lipinski definition) is 1. The molecule has 1 aromatic rings. The lowest BCUT2D eigenvalue weighted by Gasteiger charge is -2.34. The van der Waals surface area contributed by atoms with E-state index in [2.05, 4.69) is 12.2 Å². The van der Waals surface area contributed by atoms with E-state index in [4.69, 9.17) is 4.74 Å². The Morgan fingerprint density at radius 3 is 2.79 bits per heavy atom. The third-order valence-electron chi connectivity index (χ3n) is 3.43. The highest BCUT2D eigenvalue weighted by Crippen LogP contribution is 2.19. The van der Waals surface area contributed by atoms with Crippen LogP contribution in [0.1, 0.15) is 22.8 Å². The van der Waals surface area contributed by atoms with E-state index in [-0.39, 0.29) is 24.4 Å². The van der Waals surface area contributed by atoms with Gasteiger partial charge in [-0.2, -0.15) is 0 Å². The molecule has 0 saturated carbocycles. The van der Waals surface area contributed by atoms with Gasteiger partial charge >= 0.3 is 0 Å².